The van der Waals surface area contributed by atoms with Crippen molar-refractivity contribution < 1.29 is 4.74 Å². The van der Waals surface area contributed by atoms with Gasteiger partial charge in [0.15, 0.2) is 5.82 Å². The molecule has 2 aliphatic rings. The zero-order valence-corrected chi connectivity index (χ0v) is 18.5. The van der Waals surface area contributed by atoms with Gasteiger partial charge in [-0.3, -0.25) is 4.68 Å². The summed E-state index contributed by atoms with van der Waals surface area (Å²) in [5.74, 6) is 3.29. The second-order valence-electron chi connectivity index (χ2n) is 8.74. The lowest BCUT2D eigenvalue weighted by atomic mass is 10.1. The molecule has 1 N–H and O–H groups in total. The molecule has 0 amide bonds. The number of hydrogen-bond donors (Lipinski definition) is 1. The number of benzene rings is 1. The minimum absolute atomic E-state index is 0.211. The van der Waals surface area contributed by atoms with Gasteiger partial charge in [0.05, 0.1) is 24.3 Å². The second-order valence-corrected chi connectivity index (χ2v) is 8.74. The van der Waals surface area contributed by atoms with Crippen LogP contribution in [0.5, 0.6) is 5.75 Å². The molecule has 0 spiro atoms. The van der Waals surface area contributed by atoms with E-state index >= 15 is 0 Å². The van der Waals surface area contributed by atoms with Crippen molar-refractivity contribution in [3.8, 4) is 39.8 Å². The van der Waals surface area contributed by atoms with Crippen molar-refractivity contribution in [2.24, 2.45) is 0 Å². The molecule has 0 aliphatic carbocycles. The Kier molecular flexibility index (Phi) is 4.39. The minimum atomic E-state index is 0.211. The number of imidazole rings is 1. The Hall–Kier alpha value is -3.46. The largest absolute Gasteiger partial charge is 0.491 e. The van der Waals surface area contributed by atoms with Crippen molar-refractivity contribution in [3.05, 3.63) is 42.6 Å². The van der Waals surface area contributed by atoms with Crippen LogP contribution < -0.4 is 10.1 Å². The van der Waals surface area contributed by atoms with Crippen LogP contribution in [0.25, 0.3) is 34.0 Å². The van der Waals surface area contributed by atoms with E-state index in [0.717, 1.165) is 65.2 Å². The van der Waals surface area contributed by atoms with Crippen LogP contribution in [0.1, 0.15) is 31.8 Å². The maximum absolute atomic E-state index is 6.12. The second kappa shape index (κ2) is 7.30. The third-order valence-corrected chi connectivity index (χ3v) is 6.11. The number of rotatable bonds is 4. The van der Waals surface area contributed by atoms with Gasteiger partial charge in [-0.15, -0.1) is 0 Å². The third kappa shape index (κ3) is 3.12. The van der Waals surface area contributed by atoms with E-state index in [-0.39, 0.29) is 6.04 Å². The van der Waals surface area contributed by atoms with Crippen LogP contribution in [0.15, 0.2) is 36.8 Å². The molecule has 1 saturated heterocycles. The number of nitrogens with zero attached hydrogens (tertiary/aromatic N) is 7. The average molecular weight is 431 g/mol. The molecule has 0 atom stereocenters. The van der Waals surface area contributed by atoms with Gasteiger partial charge in [-0.2, -0.15) is 10.2 Å². The van der Waals surface area contributed by atoms with Crippen molar-refractivity contribution in [1.82, 2.24) is 39.4 Å². The molecule has 9 heteroatoms. The number of aryl methyl sites for hydroxylation is 1. The molecule has 1 fully saturated rings. The first kappa shape index (κ1) is 19.2. The predicted molar refractivity (Wildman–Crippen MR) is 120 cm³/mol. The number of aromatic nitrogens is 7. The first-order valence-corrected chi connectivity index (χ1v) is 11.1. The van der Waals surface area contributed by atoms with Gasteiger partial charge in [-0.05, 0) is 38.5 Å². The molecular weight excluding hydrogens is 404 g/mol. The lowest BCUT2D eigenvalue weighted by molar-refractivity contribution is 0.307. The van der Waals surface area contributed by atoms with E-state index < -0.39 is 0 Å². The summed E-state index contributed by atoms with van der Waals surface area (Å²) in [5.41, 5.74) is 4.01. The fraction of sp³-hybridized carbons (Fsp3) is 0.391. The standard InChI is InChI=1S/C23H26N8O/c1-14(2)31-23(26-15(3)28-31)20-13-29-6-7-32-21-8-16(4-5-19(21)22(29)27-20)17-9-25-30(12-17)18-10-24-11-18/h4-5,8-9,12-14,18,24H,6-7,10-11H2,1-3H3. The molecule has 0 unspecified atom stereocenters. The van der Waals surface area contributed by atoms with Crippen LogP contribution in [-0.4, -0.2) is 53.8 Å². The summed E-state index contributed by atoms with van der Waals surface area (Å²) in [6.45, 7) is 9.39. The Morgan fingerprint density at radius 3 is 2.75 bits per heavy atom. The fourth-order valence-electron chi connectivity index (χ4n) is 4.28. The molecule has 0 bridgehead atoms. The molecule has 4 aromatic rings. The van der Waals surface area contributed by atoms with Gasteiger partial charge < -0.3 is 14.6 Å². The van der Waals surface area contributed by atoms with Gasteiger partial charge in [-0.25, -0.2) is 14.6 Å². The Morgan fingerprint density at radius 2 is 1.97 bits per heavy atom. The van der Waals surface area contributed by atoms with Gasteiger partial charge in [-0.1, -0.05) is 6.07 Å². The highest BCUT2D eigenvalue weighted by Gasteiger charge is 2.23. The SMILES string of the molecule is Cc1nc(-c2cn3c(n2)-c2ccc(-c4cnn(C5CNC5)c4)cc2OCC3)n(C(C)C)n1. The molecule has 6 rings (SSSR count). The van der Waals surface area contributed by atoms with Crippen molar-refractivity contribution in [3.63, 3.8) is 0 Å². The van der Waals surface area contributed by atoms with E-state index in [1.165, 1.54) is 0 Å². The summed E-state index contributed by atoms with van der Waals surface area (Å²) in [4.78, 5) is 9.60. The lowest BCUT2D eigenvalue weighted by Crippen LogP contribution is -2.43. The average Bonchev–Trinajstić information content (AvgIpc) is 3.43. The number of nitrogens with one attached hydrogen (secondary N) is 1. The molecule has 0 saturated carbocycles. The summed E-state index contributed by atoms with van der Waals surface area (Å²) in [7, 11) is 0. The highest BCUT2D eigenvalue weighted by Crippen LogP contribution is 2.37. The molecule has 164 valence electrons. The summed E-state index contributed by atoms with van der Waals surface area (Å²) < 4.78 is 12.3. The first-order valence-electron chi connectivity index (χ1n) is 11.1. The topological polar surface area (TPSA) is 87.6 Å². The minimum Gasteiger partial charge on any atom is -0.491 e. The summed E-state index contributed by atoms with van der Waals surface area (Å²) in [5, 5.41) is 12.4. The summed E-state index contributed by atoms with van der Waals surface area (Å²) >= 11 is 0. The smallest absolute Gasteiger partial charge is 0.178 e. The van der Waals surface area contributed by atoms with E-state index in [1.807, 2.05) is 22.5 Å². The molecular formula is C23H26N8O. The predicted octanol–water partition coefficient (Wildman–Crippen LogP) is 3.10. The van der Waals surface area contributed by atoms with Crippen molar-refractivity contribution in [1.29, 1.82) is 0 Å². The van der Waals surface area contributed by atoms with Crippen molar-refractivity contribution in [2.45, 2.75) is 39.4 Å². The summed E-state index contributed by atoms with van der Waals surface area (Å²) in [6.07, 6.45) is 6.10. The number of hydrogen-bond acceptors (Lipinski definition) is 6. The van der Waals surface area contributed by atoms with Gasteiger partial charge in [0, 0.05) is 37.1 Å². The number of fused-ring (bicyclic) bond motifs is 3. The molecule has 9 nitrogen and oxygen atoms in total. The highest BCUT2D eigenvalue weighted by molar-refractivity contribution is 5.74. The molecule has 1 aromatic carbocycles. The van der Waals surface area contributed by atoms with E-state index in [2.05, 4.69) is 69.5 Å². The van der Waals surface area contributed by atoms with E-state index in [0.29, 0.717) is 12.6 Å². The Bertz CT molecular complexity index is 1290. The van der Waals surface area contributed by atoms with Crippen molar-refractivity contribution in [2.75, 3.05) is 19.7 Å². The normalized spacial score (nSPS) is 15.8. The molecule has 32 heavy (non-hydrogen) atoms. The Labute approximate surface area is 186 Å². The van der Waals surface area contributed by atoms with Crippen LogP contribution in [0, 0.1) is 6.92 Å². The van der Waals surface area contributed by atoms with Gasteiger partial charge in [0.1, 0.15) is 29.7 Å². The van der Waals surface area contributed by atoms with Gasteiger partial charge >= 0.3 is 0 Å². The maximum atomic E-state index is 6.12. The summed E-state index contributed by atoms with van der Waals surface area (Å²) in [6, 6.07) is 6.97. The van der Waals surface area contributed by atoms with E-state index in [4.69, 9.17) is 9.72 Å². The van der Waals surface area contributed by atoms with Gasteiger partial charge in [0.2, 0.25) is 0 Å². The van der Waals surface area contributed by atoms with Crippen LogP contribution in [0.3, 0.4) is 0 Å². The van der Waals surface area contributed by atoms with Crippen LogP contribution in [-0.2, 0) is 6.54 Å². The molecule has 3 aromatic heterocycles. The fourth-order valence-corrected chi connectivity index (χ4v) is 4.28. The molecule has 0 radical (unpaired) electrons. The van der Waals surface area contributed by atoms with Crippen LogP contribution >= 0.6 is 0 Å². The first-order chi connectivity index (χ1) is 15.6. The monoisotopic (exact) mass is 430 g/mol. The van der Waals surface area contributed by atoms with Crippen LogP contribution in [0.4, 0.5) is 0 Å². The molecule has 5 heterocycles. The Morgan fingerprint density at radius 1 is 1.09 bits per heavy atom. The quantitative estimate of drug-likeness (QED) is 0.535. The Balaban J connectivity index is 1.38. The zero-order chi connectivity index (χ0) is 21.8. The van der Waals surface area contributed by atoms with E-state index in [9.17, 15) is 0 Å². The maximum Gasteiger partial charge on any atom is 0.178 e. The van der Waals surface area contributed by atoms with Gasteiger partial charge in [0.25, 0.3) is 0 Å². The van der Waals surface area contributed by atoms with Crippen LogP contribution in [0.2, 0.25) is 0 Å². The zero-order valence-electron chi connectivity index (χ0n) is 18.5. The van der Waals surface area contributed by atoms with Crippen molar-refractivity contribution >= 4 is 0 Å². The molecule has 2 aliphatic heterocycles. The van der Waals surface area contributed by atoms with E-state index in [1.54, 1.807) is 0 Å². The highest BCUT2D eigenvalue weighted by atomic mass is 16.5. The third-order valence-electron chi connectivity index (χ3n) is 6.11. The number of ether oxygens (including phenoxy) is 1. The lowest BCUT2D eigenvalue weighted by Gasteiger charge is -2.27.